The zero-order valence-electron chi connectivity index (χ0n) is 9.77. The van der Waals surface area contributed by atoms with Gasteiger partial charge in [-0.05, 0) is 37.5 Å². The lowest BCUT2D eigenvalue weighted by molar-refractivity contribution is -0.133. The van der Waals surface area contributed by atoms with Crippen LogP contribution in [0.2, 0.25) is 0 Å². The third-order valence-electron chi connectivity index (χ3n) is 3.77. The number of hydrogen-bond acceptors (Lipinski definition) is 2. The SMILES string of the molecule is O=C(CC1C=CCC1)N1CCC(CO)CC1. The molecular formula is C13H21NO2. The Morgan fingerprint density at radius 2 is 2.06 bits per heavy atom. The zero-order chi connectivity index (χ0) is 11.4. The van der Waals surface area contributed by atoms with Crippen molar-refractivity contribution >= 4 is 5.91 Å². The number of hydrogen-bond donors (Lipinski definition) is 1. The molecule has 1 N–H and O–H groups in total. The van der Waals surface area contributed by atoms with Crippen molar-refractivity contribution in [1.82, 2.24) is 4.90 Å². The summed E-state index contributed by atoms with van der Waals surface area (Å²) in [5.41, 5.74) is 0. The third-order valence-corrected chi connectivity index (χ3v) is 3.77. The number of piperidine rings is 1. The highest BCUT2D eigenvalue weighted by Gasteiger charge is 2.24. The number of carbonyl (C=O) groups excluding carboxylic acids is 1. The van der Waals surface area contributed by atoms with E-state index >= 15 is 0 Å². The first-order valence-electron chi connectivity index (χ1n) is 6.35. The Morgan fingerprint density at radius 1 is 1.31 bits per heavy atom. The molecule has 2 rings (SSSR count). The summed E-state index contributed by atoms with van der Waals surface area (Å²) in [7, 11) is 0. The maximum Gasteiger partial charge on any atom is 0.223 e. The van der Waals surface area contributed by atoms with Crippen LogP contribution in [0.4, 0.5) is 0 Å². The second-order valence-electron chi connectivity index (χ2n) is 4.98. The first-order valence-corrected chi connectivity index (χ1v) is 6.35. The van der Waals surface area contributed by atoms with Crippen LogP contribution in [0.15, 0.2) is 12.2 Å². The van der Waals surface area contributed by atoms with E-state index in [-0.39, 0.29) is 6.61 Å². The Balaban J connectivity index is 1.75. The topological polar surface area (TPSA) is 40.5 Å². The van der Waals surface area contributed by atoms with Gasteiger partial charge in [0, 0.05) is 26.1 Å². The fraction of sp³-hybridized carbons (Fsp3) is 0.769. The van der Waals surface area contributed by atoms with Crippen molar-refractivity contribution in [2.75, 3.05) is 19.7 Å². The van der Waals surface area contributed by atoms with Crippen LogP contribution in [0.5, 0.6) is 0 Å². The van der Waals surface area contributed by atoms with Crippen LogP contribution < -0.4 is 0 Å². The number of amides is 1. The maximum atomic E-state index is 12.0. The summed E-state index contributed by atoms with van der Waals surface area (Å²) < 4.78 is 0. The third kappa shape index (κ3) is 2.85. The molecule has 3 heteroatoms. The van der Waals surface area contributed by atoms with Gasteiger partial charge in [0.1, 0.15) is 0 Å². The number of aliphatic hydroxyl groups excluding tert-OH is 1. The Hall–Kier alpha value is -0.830. The standard InChI is InChI=1S/C13H21NO2/c15-10-12-5-7-14(8-6-12)13(16)9-11-3-1-2-4-11/h1,3,11-12,15H,2,4-10H2. The van der Waals surface area contributed by atoms with E-state index in [2.05, 4.69) is 12.2 Å². The van der Waals surface area contributed by atoms with Crippen molar-refractivity contribution in [1.29, 1.82) is 0 Å². The Kier molecular flexibility index (Phi) is 3.99. The minimum atomic E-state index is 0.271. The van der Waals surface area contributed by atoms with Gasteiger partial charge >= 0.3 is 0 Å². The van der Waals surface area contributed by atoms with Gasteiger partial charge in [0.25, 0.3) is 0 Å². The Bertz CT molecular complexity index is 267. The van der Waals surface area contributed by atoms with Crippen LogP contribution in [0.3, 0.4) is 0 Å². The molecule has 2 aliphatic rings. The summed E-state index contributed by atoms with van der Waals surface area (Å²) in [6.45, 7) is 1.94. The molecule has 1 unspecified atom stereocenters. The lowest BCUT2D eigenvalue weighted by Gasteiger charge is -2.31. The molecule has 0 aromatic rings. The highest BCUT2D eigenvalue weighted by atomic mass is 16.3. The first-order chi connectivity index (χ1) is 7.79. The molecule has 0 radical (unpaired) electrons. The van der Waals surface area contributed by atoms with E-state index in [4.69, 9.17) is 5.11 Å². The van der Waals surface area contributed by atoms with Crippen molar-refractivity contribution in [2.45, 2.75) is 32.1 Å². The number of carbonyl (C=O) groups is 1. The van der Waals surface area contributed by atoms with Gasteiger partial charge in [-0.1, -0.05) is 12.2 Å². The van der Waals surface area contributed by atoms with Gasteiger partial charge in [0.15, 0.2) is 0 Å². The van der Waals surface area contributed by atoms with Crippen LogP contribution >= 0.6 is 0 Å². The van der Waals surface area contributed by atoms with Gasteiger partial charge in [0.2, 0.25) is 5.91 Å². The number of nitrogens with zero attached hydrogens (tertiary/aromatic N) is 1. The van der Waals surface area contributed by atoms with Gasteiger partial charge < -0.3 is 10.0 Å². The van der Waals surface area contributed by atoms with Crippen LogP contribution in [0, 0.1) is 11.8 Å². The summed E-state index contributed by atoms with van der Waals surface area (Å²) in [5.74, 6) is 1.19. The molecule has 0 bridgehead atoms. The van der Waals surface area contributed by atoms with Gasteiger partial charge in [-0.3, -0.25) is 4.79 Å². The van der Waals surface area contributed by atoms with Crippen LogP contribution in [0.1, 0.15) is 32.1 Å². The van der Waals surface area contributed by atoms with Crippen LogP contribution in [-0.4, -0.2) is 35.6 Å². The molecule has 1 saturated heterocycles. The van der Waals surface area contributed by atoms with E-state index < -0.39 is 0 Å². The Labute approximate surface area is 97.1 Å². The lowest BCUT2D eigenvalue weighted by Crippen LogP contribution is -2.39. The van der Waals surface area contributed by atoms with Crippen molar-refractivity contribution < 1.29 is 9.90 Å². The minimum absolute atomic E-state index is 0.271. The molecule has 1 aliphatic carbocycles. The lowest BCUT2D eigenvalue weighted by atomic mass is 9.96. The summed E-state index contributed by atoms with van der Waals surface area (Å²) >= 11 is 0. The quantitative estimate of drug-likeness (QED) is 0.738. The molecule has 1 heterocycles. The second kappa shape index (κ2) is 5.48. The van der Waals surface area contributed by atoms with E-state index in [0.29, 0.717) is 24.2 Å². The molecule has 0 aromatic carbocycles. The van der Waals surface area contributed by atoms with E-state index in [0.717, 1.165) is 38.8 Å². The summed E-state index contributed by atoms with van der Waals surface area (Å²) in [6, 6.07) is 0. The largest absolute Gasteiger partial charge is 0.396 e. The van der Waals surface area contributed by atoms with E-state index in [1.165, 1.54) is 0 Å². The zero-order valence-corrected chi connectivity index (χ0v) is 9.77. The average molecular weight is 223 g/mol. The predicted octanol–water partition coefficient (Wildman–Crippen LogP) is 1.57. The summed E-state index contributed by atoms with van der Waals surface area (Å²) in [4.78, 5) is 13.9. The molecule has 1 aliphatic heterocycles. The predicted molar refractivity (Wildman–Crippen MR) is 62.9 cm³/mol. The molecule has 0 saturated carbocycles. The van der Waals surface area contributed by atoms with Crippen molar-refractivity contribution in [3.8, 4) is 0 Å². The van der Waals surface area contributed by atoms with Gasteiger partial charge in [-0.25, -0.2) is 0 Å². The number of rotatable bonds is 3. The molecule has 1 atom stereocenters. The molecule has 3 nitrogen and oxygen atoms in total. The number of allylic oxidation sites excluding steroid dienone is 2. The highest BCUT2D eigenvalue weighted by Crippen LogP contribution is 2.23. The molecule has 0 aromatic heterocycles. The first kappa shape index (κ1) is 11.6. The fourth-order valence-corrected chi connectivity index (χ4v) is 2.58. The van der Waals surface area contributed by atoms with E-state index in [1.54, 1.807) is 0 Å². The Morgan fingerprint density at radius 3 is 2.62 bits per heavy atom. The number of likely N-dealkylation sites (tertiary alicyclic amines) is 1. The molecule has 1 fully saturated rings. The molecule has 0 spiro atoms. The normalized spacial score (nSPS) is 26.3. The summed E-state index contributed by atoms with van der Waals surface area (Å²) in [5, 5.41) is 9.03. The van der Waals surface area contributed by atoms with Crippen molar-refractivity contribution in [3.63, 3.8) is 0 Å². The smallest absolute Gasteiger partial charge is 0.223 e. The minimum Gasteiger partial charge on any atom is -0.396 e. The van der Waals surface area contributed by atoms with Crippen molar-refractivity contribution in [2.24, 2.45) is 11.8 Å². The second-order valence-corrected chi connectivity index (χ2v) is 4.98. The van der Waals surface area contributed by atoms with E-state index in [9.17, 15) is 4.79 Å². The van der Waals surface area contributed by atoms with Crippen LogP contribution in [-0.2, 0) is 4.79 Å². The van der Waals surface area contributed by atoms with Gasteiger partial charge in [-0.15, -0.1) is 0 Å². The molecule has 90 valence electrons. The van der Waals surface area contributed by atoms with Gasteiger partial charge in [0.05, 0.1) is 0 Å². The number of aliphatic hydroxyl groups is 1. The maximum absolute atomic E-state index is 12.0. The fourth-order valence-electron chi connectivity index (χ4n) is 2.58. The summed E-state index contributed by atoms with van der Waals surface area (Å²) in [6.07, 6.45) is 9.23. The van der Waals surface area contributed by atoms with Crippen molar-refractivity contribution in [3.05, 3.63) is 12.2 Å². The molecular weight excluding hydrogens is 202 g/mol. The van der Waals surface area contributed by atoms with Crippen LogP contribution in [0.25, 0.3) is 0 Å². The van der Waals surface area contributed by atoms with Gasteiger partial charge in [-0.2, -0.15) is 0 Å². The highest BCUT2D eigenvalue weighted by molar-refractivity contribution is 5.76. The molecule has 1 amide bonds. The monoisotopic (exact) mass is 223 g/mol. The average Bonchev–Trinajstić information content (AvgIpc) is 2.82. The van der Waals surface area contributed by atoms with E-state index in [1.807, 2.05) is 4.90 Å². The molecule has 16 heavy (non-hydrogen) atoms.